The molecule has 0 aliphatic heterocycles. The van der Waals surface area contributed by atoms with Crippen molar-refractivity contribution < 1.29 is 9.53 Å². The highest BCUT2D eigenvalue weighted by Crippen LogP contribution is 2.53. The molecule has 1 aromatic rings. The molecule has 0 radical (unpaired) electrons. The van der Waals surface area contributed by atoms with Gasteiger partial charge >= 0.3 is 0 Å². The number of fused-ring (bicyclic) bond motifs is 4. The number of pyridine rings is 1. The van der Waals surface area contributed by atoms with E-state index in [1.165, 1.54) is 5.57 Å². The third-order valence-corrected chi connectivity index (χ3v) is 5.06. The van der Waals surface area contributed by atoms with Crippen molar-refractivity contribution in [3.8, 4) is 5.88 Å². The summed E-state index contributed by atoms with van der Waals surface area (Å²) in [5, 5.41) is 0. The Morgan fingerprint density at radius 2 is 2.29 bits per heavy atom. The van der Waals surface area contributed by atoms with Crippen molar-refractivity contribution in [2.75, 3.05) is 7.11 Å². The number of methoxy groups -OCH3 is 1. The number of hydrogen-bond donors (Lipinski definition) is 1. The molecule has 21 heavy (non-hydrogen) atoms. The fourth-order valence-corrected chi connectivity index (χ4v) is 4.37. The molecule has 112 valence electrons. The molecule has 2 aliphatic rings. The van der Waals surface area contributed by atoms with Crippen molar-refractivity contribution in [1.29, 1.82) is 0 Å². The molecule has 1 amide bonds. The summed E-state index contributed by atoms with van der Waals surface area (Å²) in [5.74, 6) is 1.20. The average molecular weight is 286 g/mol. The first kappa shape index (κ1) is 14.1. The lowest BCUT2D eigenvalue weighted by Crippen LogP contribution is -2.52. The lowest BCUT2D eigenvalue weighted by atomic mass is 9.54. The summed E-state index contributed by atoms with van der Waals surface area (Å²) in [7, 11) is 1.61. The fourth-order valence-electron chi connectivity index (χ4n) is 4.37. The van der Waals surface area contributed by atoms with Gasteiger partial charge < -0.3 is 10.5 Å². The van der Waals surface area contributed by atoms with Gasteiger partial charge in [-0.15, -0.1) is 0 Å². The monoisotopic (exact) mass is 286 g/mol. The Hall–Kier alpha value is -1.84. The van der Waals surface area contributed by atoms with Gasteiger partial charge in [-0.25, -0.2) is 4.98 Å². The van der Waals surface area contributed by atoms with Gasteiger partial charge in [0, 0.05) is 11.8 Å². The van der Waals surface area contributed by atoms with E-state index in [1.54, 1.807) is 7.11 Å². The van der Waals surface area contributed by atoms with Crippen molar-refractivity contribution >= 4 is 5.91 Å². The van der Waals surface area contributed by atoms with Crippen molar-refractivity contribution in [3.05, 3.63) is 35.0 Å². The molecule has 3 atom stereocenters. The molecule has 1 aromatic heterocycles. The van der Waals surface area contributed by atoms with Crippen LogP contribution in [0, 0.1) is 11.8 Å². The Kier molecular flexibility index (Phi) is 3.27. The minimum Gasteiger partial charge on any atom is -0.481 e. The number of hydrogen-bond acceptors (Lipinski definition) is 3. The number of carbonyl (C=O) groups excluding carboxylic acids is 1. The number of rotatable bonds is 2. The summed E-state index contributed by atoms with van der Waals surface area (Å²) in [6.45, 7) is 4.22. The predicted molar refractivity (Wildman–Crippen MR) is 81.0 cm³/mol. The van der Waals surface area contributed by atoms with Gasteiger partial charge in [0.2, 0.25) is 11.8 Å². The number of carbonyl (C=O) groups is 1. The number of nitrogens with zero attached hydrogens (tertiary/aromatic N) is 1. The number of ether oxygens (including phenoxy) is 1. The van der Waals surface area contributed by atoms with Crippen LogP contribution in [0.4, 0.5) is 0 Å². The van der Waals surface area contributed by atoms with Gasteiger partial charge in [0.15, 0.2) is 0 Å². The molecule has 0 saturated heterocycles. The molecule has 1 fully saturated rings. The second-order valence-corrected chi connectivity index (χ2v) is 6.31. The number of amides is 1. The molecule has 0 spiro atoms. The zero-order chi connectivity index (χ0) is 15.2. The maximum atomic E-state index is 12.4. The zero-order valence-corrected chi connectivity index (χ0v) is 12.8. The largest absolute Gasteiger partial charge is 0.481 e. The Bertz CT molecular complexity index is 623. The van der Waals surface area contributed by atoms with Crippen LogP contribution in [-0.4, -0.2) is 18.0 Å². The van der Waals surface area contributed by atoms with Crippen LogP contribution in [0.25, 0.3) is 0 Å². The first-order valence-electron chi connectivity index (χ1n) is 7.54. The maximum Gasteiger partial charge on any atom is 0.232 e. The van der Waals surface area contributed by atoms with Crippen LogP contribution in [0.1, 0.15) is 37.9 Å². The highest BCUT2D eigenvalue weighted by molar-refractivity contribution is 5.92. The summed E-state index contributed by atoms with van der Waals surface area (Å²) < 4.78 is 5.23. The van der Waals surface area contributed by atoms with Crippen molar-refractivity contribution in [1.82, 2.24) is 4.98 Å². The molecule has 2 aliphatic carbocycles. The fraction of sp³-hybridized carbons (Fsp3) is 0.529. The Morgan fingerprint density at radius 3 is 2.90 bits per heavy atom. The number of allylic oxidation sites excluding steroid dienone is 1. The van der Waals surface area contributed by atoms with E-state index in [-0.39, 0.29) is 5.91 Å². The number of aromatic nitrogens is 1. The normalized spacial score (nSPS) is 32.6. The van der Waals surface area contributed by atoms with Crippen LogP contribution >= 0.6 is 0 Å². The van der Waals surface area contributed by atoms with Crippen LogP contribution < -0.4 is 10.5 Å². The van der Waals surface area contributed by atoms with Crippen molar-refractivity contribution in [2.45, 2.75) is 38.5 Å². The van der Waals surface area contributed by atoms with E-state index in [2.05, 4.69) is 18.0 Å². The van der Waals surface area contributed by atoms with E-state index in [0.717, 1.165) is 30.5 Å². The molecule has 3 rings (SSSR count). The second kappa shape index (κ2) is 4.86. The van der Waals surface area contributed by atoms with E-state index < -0.39 is 5.41 Å². The summed E-state index contributed by atoms with van der Waals surface area (Å²) in [6, 6.07) is 3.81. The van der Waals surface area contributed by atoms with E-state index in [4.69, 9.17) is 10.5 Å². The van der Waals surface area contributed by atoms with Gasteiger partial charge in [-0.05, 0) is 43.6 Å². The van der Waals surface area contributed by atoms with E-state index >= 15 is 0 Å². The SMILES string of the molecule is C/C=C1\C2Cc3nc(OC)ccc3C1(C(N)=O)C[C@H](C)C2. The van der Waals surface area contributed by atoms with Crippen LogP contribution in [0.5, 0.6) is 5.88 Å². The first-order chi connectivity index (χ1) is 10.0. The van der Waals surface area contributed by atoms with Crippen LogP contribution in [0.3, 0.4) is 0 Å². The standard InChI is InChI=1S/C17H22N2O2/c1-4-12-11-7-10(2)9-17(12,16(18)20)13-5-6-15(21-3)19-14(13)8-11/h4-6,10-11H,7-9H2,1-3H3,(H2,18,20)/b12-4+/t10-,11?,17?/m1/s1. The van der Waals surface area contributed by atoms with Crippen LogP contribution in [0.2, 0.25) is 0 Å². The van der Waals surface area contributed by atoms with Crippen molar-refractivity contribution in [2.24, 2.45) is 17.6 Å². The molecule has 0 aromatic carbocycles. The molecule has 2 unspecified atom stereocenters. The molecule has 1 heterocycles. The summed E-state index contributed by atoms with van der Waals surface area (Å²) in [4.78, 5) is 17.0. The first-order valence-corrected chi connectivity index (χ1v) is 7.54. The molecule has 4 nitrogen and oxygen atoms in total. The second-order valence-electron chi connectivity index (χ2n) is 6.31. The van der Waals surface area contributed by atoms with Crippen LogP contribution in [-0.2, 0) is 16.6 Å². The van der Waals surface area contributed by atoms with E-state index in [9.17, 15) is 4.79 Å². The Morgan fingerprint density at radius 1 is 1.52 bits per heavy atom. The molecule has 1 saturated carbocycles. The highest BCUT2D eigenvalue weighted by atomic mass is 16.5. The van der Waals surface area contributed by atoms with Gasteiger partial charge in [-0.1, -0.05) is 24.6 Å². The van der Waals surface area contributed by atoms with Crippen LogP contribution in [0.15, 0.2) is 23.8 Å². The molecule has 4 heteroatoms. The summed E-state index contributed by atoms with van der Waals surface area (Å²) >= 11 is 0. The smallest absolute Gasteiger partial charge is 0.232 e. The lowest BCUT2D eigenvalue weighted by Gasteiger charge is -2.48. The van der Waals surface area contributed by atoms with E-state index in [0.29, 0.717) is 17.7 Å². The Labute approximate surface area is 125 Å². The molecular formula is C17H22N2O2. The summed E-state index contributed by atoms with van der Waals surface area (Å²) in [5.41, 5.74) is 8.34. The highest BCUT2D eigenvalue weighted by Gasteiger charge is 2.53. The lowest BCUT2D eigenvalue weighted by molar-refractivity contribution is -0.124. The zero-order valence-electron chi connectivity index (χ0n) is 12.8. The van der Waals surface area contributed by atoms with Crippen molar-refractivity contribution in [3.63, 3.8) is 0 Å². The predicted octanol–water partition coefficient (Wildman–Crippen LogP) is 2.36. The minimum atomic E-state index is -0.677. The van der Waals surface area contributed by atoms with Gasteiger partial charge in [-0.2, -0.15) is 0 Å². The topological polar surface area (TPSA) is 65.2 Å². The van der Waals surface area contributed by atoms with Gasteiger partial charge in [0.1, 0.15) is 0 Å². The quantitative estimate of drug-likeness (QED) is 0.849. The maximum absolute atomic E-state index is 12.4. The average Bonchev–Trinajstić information content (AvgIpc) is 2.45. The molecule has 2 N–H and O–H groups in total. The molecule has 2 bridgehead atoms. The van der Waals surface area contributed by atoms with Gasteiger partial charge in [0.05, 0.1) is 12.5 Å². The van der Waals surface area contributed by atoms with Gasteiger partial charge in [0.25, 0.3) is 0 Å². The van der Waals surface area contributed by atoms with E-state index in [1.807, 2.05) is 19.1 Å². The minimum absolute atomic E-state index is 0.250. The summed E-state index contributed by atoms with van der Waals surface area (Å²) in [6.07, 6.45) is 4.83. The van der Waals surface area contributed by atoms with Gasteiger partial charge in [-0.3, -0.25) is 4.79 Å². The number of nitrogens with two attached hydrogens (primary N) is 1. The Balaban J connectivity index is 2.26. The third kappa shape index (κ3) is 1.88. The number of primary amides is 1. The third-order valence-electron chi connectivity index (χ3n) is 5.06. The molecular weight excluding hydrogens is 264 g/mol.